The minimum absolute atomic E-state index is 1.01. The molecule has 2 aromatic carbocycles. The summed E-state index contributed by atoms with van der Waals surface area (Å²) >= 11 is 0. The van der Waals surface area contributed by atoms with Crippen molar-refractivity contribution in [2.45, 2.75) is 20.3 Å². The average Bonchev–Trinajstić information content (AvgIpc) is 2.79. The third-order valence-electron chi connectivity index (χ3n) is 3.66. The summed E-state index contributed by atoms with van der Waals surface area (Å²) in [5, 5.41) is 0. The zero-order valence-electron chi connectivity index (χ0n) is 11.5. The van der Waals surface area contributed by atoms with E-state index < -0.39 is 0 Å². The van der Waals surface area contributed by atoms with Gasteiger partial charge < -0.3 is 0 Å². The molecule has 0 saturated carbocycles. The molecule has 0 aliphatic heterocycles. The molecule has 0 unspecified atom stereocenters. The molecule has 0 atom stereocenters. The first kappa shape index (κ1) is 12.0. The maximum Gasteiger partial charge on any atom is -0.00194 e. The Morgan fingerprint density at radius 1 is 0.789 bits per heavy atom. The van der Waals surface area contributed by atoms with E-state index in [-0.39, 0.29) is 0 Å². The SMILES string of the molecule is CC(C)=C1C=C(Cc2ccccc2)c2ccccc21. The van der Waals surface area contributed by atoms with Gasteiger partial charge in [-0.1, -0.05) is 66.2 Å². The maximum absolute atomic E-state index is 2.35. The Morgan fingerprint density at radius 2 is 1.42 bits per heavy atom. The molecule has 0 N–H and O–H groups in total. The Balaban J connectivity index is 2.04. The molecule has 1 aliphatic rings. The average molecular weight is 246 g/mol. The number of hydrogen-bond acceptors (Lipinski definition) is 0. The molecule has 0 heteroatoms. The Morgan fingerprint density at radius 3 is 2.11 bits per heavy atom. The third-order valence-corrected chi connectivity index (χ3v) is 3.66. The quantitative estimate of drug-likeness (QED) is 0.690. The first-order valence-electron chi connectivity index (χ1n) is 6.77. The van der Waals surface area contributed by atoms with Crippen LogP contribution in [0.3, 0.4) is 0 Å². The molecular formula is C19H18. The number of fused-ring (bicyclic) bond motifs is 1. The lowest BCUT2D eigenvalue weighted by Crippen LogP contribution is -1.89. The van der Waals surface area contributed by atoms with Crippen molar-refractivity contribution >= 4 is 11.1 Å². The van der Waals surface area contributed by atoms with Crippen molar-refractivity contribution in [3.05, 3.63) is 82.9 Å². The Labute approximate surface area is 115 Å². The summed E-state index contributed by atoms with van der Waals surface area (Å²) in [6.07, 6.45) is 3.36. The zero-order valence-corrected chi connectivity index (χ0v) is 11.5. The molecule has 0 aromatic heterocycles. The summed E-state index contributed by atoms with van der Waals surface area (Å²) < 4.78 is 0. The van der Waals surface area contributed by atoms with Crippen LogP contribution in [0.5, 0.6) is 0 Å². The molecule has 2 aromatic rings. The van der Waals surface area contributed by atoms with Crippen LogP contribution < -0.4 is 0 Å². The maximum atomic E-state index is 2.35. The van der Waals surface area contributed by atoms with Gasteiger partial charge in [0.15, 0.2) is 0 Å². The van der Waals surface area contributed by atoms with Gasteiger partial charge in [0.05, 0.1) is 0 Å². The van der Waals surface area contributed by atoms with Crippen molar-refractivity contribution in [1.29, 1.82) is 0 Å². The van der Waals surface area contributed by atoms with Crippen LogP contribution >= 0.6 is 0 Å². The van der Waals surface area contributed by atoms with Crippen molar-refractivity contribution in [2.24, 2.45) is 0 Å². The molecule has 0 fully saturated rings. The van der Waals surface area contributed by atoms with Crippen molar-refractivity contribution in [1.82, 2.24) is 0 Å². The molecule has 0 saturated heterocycles. The van der Waals surface area contributed by atoms with E-state index in [0.717, 1.165) is 6.42 Å². The number of rotatable bonds is 2. The molecule has 19 heavy (non-hydrogen) atoms. The van der Waals surface area contributed by atoms with E-state index in [9.17, 15) is 0 Å². The highest BCUT2D eigenvalue weighted by molar-refractivity contribution is 5.96. The van der Waals surface area contributed by atoms with Gasteiger partial charge in [0, 0.05) is 0 Å². The van der Waals surface area contributed by atoms with Crippen molar-refractivity contribution in [3.8, 4) is 0 Å². The zero-order chi connectivity index (χ0) is 13.2. The highest BCUT2D eigenvalue weighted by Gasteiger charge is 2.18. The van der Waals surface area contributed by atoms with Gasteiger partial charge in [-0.2, -0.15) is 0 Å². The normalized spacial score (nSPS) is 13.2. The molecule has 94 valence electrons. The van der Waals surface area contributed by atoms with E-state index in [1.54, 1.807) is 0 Å². The fourth-order valence-electron chi connectivity index (χ4n) is 2.70. The van der Waals surface area contributed by atoms with Gasteiger partial charge in [0.2, 0.25) is 0 Å². The van der Waals surface area contributed by atoms with Crippen LogP contribution in [0.15, 0.2) is 66.2 Å². The lowest BCUT2D eigenvalue weighted by molar-refractivity contribution is 1.29. The molecule has 1 aliphatic carbocycles. The fraction of sp³-hybridized carbons (Fsp3) is 0.158. The summed E-state index contributed by atoms with van der Waals surface area (Å²) in [5.41, 5.74) is 8.35. The largest absolute Gasteiger partial charge is 0.0686 e. The van der Waals surface area contributed by atoms with E-state index in [4.69, 9.17) is 0 Å². The van der Waals surface area contributed by atoms with E-state index >= 15 is 0 Å². The second-order valence-corrected chi connectivity index (χ2v) is 5.29. The minimum atomic E-state index is 1.01. The first-order valence-corrected chi connectivity index (χ1v) is 6.77. The third kappa shape index (κ3) is 2.26. The smallest absolute Gasteiger partial charge is 0.00194 e. The van der Waals surface area contributed by atoms with Crippen LogP contribution in [0.2, 0.25) is 0 Å². The van der Waals surface area contributed by atoms with Crippen LogP contribution in [0.4, 0.5) is 0 Å². The van der Waals surface area contributed by atoms with Gasteiger partial charge in [-0.05, 0) is 48.1 Å². The first-order chi connectivity index (χ1) is 9.25. The van der Waals surface area contributed by atoms with Crippen LogP contribution in [0.25, 0.3) is 11.1 Å². The van der Waals surface area contributed by atoms with Gasteiger partial charge in [0.1, 0.15) is 0 Å². The summed E-state index contributed by atoms with van der Waals surface area (Å²) in [4.78, 5) is 0. The molecule has 0 bridgehead atoms. The Bertz CT molecular complexity index is 653. The minimum Gasteiger partial charge on any atom is -0.0686 e. The van der Waals surface area contributed by atoms with Gasteiger partial charge in [-0.3, -0.25) is 0 Å². The number of hydrogen-bond donors (Lipinski definition) is 0. The van der Waals surface area contributed by atoms with E-state index in [1.165, 1.54) is 33.4 Å². The Hall–Kier alpha value is -2.08. The van der Waals surface area contributed by atoms with Crippen LogP contribution in [0.1, 0.15) is 30.5 Å². The highest BCUT2D eigenvalue weighted by atomic mass is 14.2. The highest BCUT2D eigenvalue weighted by Crippen LogP contribution is 2.38. The molecule has 0 amide bonds. The fourth-order valence-corrected chi connectivity index (χ4v) is 2.70. The molecule has 3 rings (SSSR count). The van der Waals surface area contributed by atoms with Crippen molar-refractivity contribution in [2.75, 3.05) is 0 Å². The monoisotopic (exact) mass is 246 g/mol. The van der Waals surface area contributed by atoms with E-state index in [2.05, 4.69) is 74.5 Å². The van der Waals surface area contributed by atoms with Crippen molar-refractivity contribution in [3.63, 3.8) is 0 Å². The van der Waals surface area contributed by atoms with Gasteiger partial charge in [0.25, 0.3) is 0 Å². The predicted molar refractivity (Wildman–Crippen MR) is 82.8 cm³/mol. The van der Waals surface area contributed by atoms with Crippen LogP contribution in [-0.4, -0.2) is 0 Å². The molecular weight excluding hydrogens is 228 g/mol. The summed E-state index contributed by atoms with van der Waals surface area (Å²) in [5.74, 6) is 0. The molecule has 0 nitrogen and oxygen atoms in total. The number of allylic oxidation sites excluding steroid dienone is 4. The second kappa shape index (κ2) is 4.89. The molecule has 0 spiro atoms. The molecule has 0 heterocycles. The van der Waals surface area contributed by atoms with E-state index in [1.807, 2.05) is 0 Å². The summed E-state index contributed by atoms with van der Waals surface area (Å²) in [6.45, 7) is 4.38. The topological polar surface area (TPSA) is 0 Å². The summed E-state index contributed by atoms with van der Waals surface area (Å²) in [6, 6.07) is 19.4. The van der Waals surface area contributed by atoms with Crippen LogP contribution in [0, 0.1) is 0 Å². The predicted octanol–water partition coefficient (Wildman–Crippen LogP) is 5.12. The van der Waals surface area contributed by atoms with Gasteiger partial charge in [-0.15, -0.1) is 0 Å². The lowest BCUT2D eigenvalue weighted by Gasteiger charge is -2.06. The van der Waals surface area contributed by atoms with Gasteiger partial charge >= 0.3 is 0 Å². The Kier molecular flexibility index (Phi) is 3.08. The second-order valence-electron chi connectivity index (χ2n) is 5.29. The standard InChI is InChI=1S/C19H18/c1-14(2)19-13-16(12-15-8-4-3-5-9-15)17-10-6-7-11-18(17)19/h3-11,13H,12H2,1-2H3. The summed E-state index contributed by atoms with van der Waals surface area (Å²) in [7, 11) is 0. The van der Waals surface area contributed by atoms with Gasteiger partial charge in [-0.25, -0.2) is 0 Å². The van der Waals surface area contributed by atoms with Crippen molar-refractivity contribution < 1.29 is 0 Å². The number of benzene rings is 2. The lowest BCUT2D eigenvalue weighted by atomic mass is 9.99. The van der Waals surface area contributed by atoms with E-state index in [0.29, 0.717) is 0 Å². The van der Waals surface area contributed by atoms with Crippen LogP contribution in [-0.2, 0) is 6.42 Å². The molecule has 0 radical (unpaired) electrons.